The van der Waals surface area contributed by atoms with Gasteiger partial charge in [0.2, 0.25) is 0 Å². The molecular weight excluding hydrogens is 347 g/mol. The molecule has 0 aliphatic carbocycles. The van der Waals surface area contributed by atoms with Crippen molar-refractivity contribution in [3.63, 3.8) is 0 Å². The Kier molecular flexibility index (Phi) is 4.94. The summed E-state index contributed by atoms with van der Waals surface area (Å²) in [6.07, 6.45) is 6.37. The van der Waals surface area contributed by atoms with Crippen LogP contribution in [0.1, 0.15) is 24.1 Å². The van der Waals surface area contributed by atoms with Crippen LogP contribution in [0.25, 0.3) is 5.57 Å². The van der Waals surface area contributed by atoms with Gasteiger partial charge in [-0.25, -0.2) is 4.99 Å². The first kappa shape index (κ1) is 17.7. The van der Waals surface area contributed by atoms with E-state index in [1.807, 2.05) is 42.5 Å². The summed E-state index contributed by atoms with van der Waals surface area (Å²) in [4.78, 5) is 6.87. The van der Waals surface area contributed by atoms with E-state index in [0.29, 0.717) is 29.8 Å². The molecule has 0 bridgehead atoms. The summed E-state index contributed by atoms with van der Waals surface area (Å²) in [5, 5.41) is 9.70. The molecule has 138 valence electrons. The highest BCUT2D eigenvalue weighted by Crippen LogP contribution is 2.31. The van der Waals surface area contributed by atoms with Gasteiger partial charge in [0.05, 0.1) is 11.8 Å². The van der Waals surface area contributed by atoms with Gasteiger partial charge in [0.15, 0.2) is 0 Å². The van der Waals surface area contributed by atoms with Crippen molar-refractivity contribution in [3.8, 4) is 0 Å². The lowest BCUT2D eigenvalue weighted by molar-refractivity contribution is 0.109. The van der Waals surface area contributed by atoms with Gasteiger partial charge < -0.3 is 14.5 Å². The Bertz CT molecular complexity index is 897. The molecule has 7 heteroatoms. The van der Waals surface area contributed by atoms with E-state index in [-0.39, 0.29) is 6.10 Å². The number of piperidine rings is 1. The number of allylic oxidation sites excluding steroid dienone is 1. The van der Waals surface area contributed by atoms with Crippen LogP contribution < -0.4 is 0 Å². The molecule has 0 unspecified atom stereocenters. The summed E-state index contributed by atoms with van der Waals surface area (Å²) in [5.41, 5.74) is 2.64. The van der Waals surface area contributed by atoms with Crippen molar-refractivity contribution < 1.29 is 13.7 Å². The fourth-order valence-corrected chi connectivity index (χ4v) is 3.57. The van der Waals surface area contributed by atoms with Gasteiger partial charge in [-0.15, -0.1) is 0 Å². The van der Waals surface area contributed by atoms with E-state index < -0.39 is 7.40 Å². The minimum atomic E-state index is -2.62. The molecule has 2 aliphatic heterocycles. The molecule has 1 fully saturated rings. The van der Waals surface area contributed by atoms with Crippen LogP contribution in [0.4, 0.5) is 8.63 Å². The average molecular weight is 367 g/mol. The lowest BCUT2D eigenvalue weighted by Gasteiger charge is -2.30. The van der Waals surface area contributed by atoms with Gasteiger partial charge in [-0.3, -0.25) is 8.63 Å². The summed E-state index contributed by atoms with van der Waals surface area (Å²) in [6.45, 7) is 1.48. The van der Waals surface area contributed by atoms with Crippen LogP contribution in [0.5, 0.6) is 0 Å². The zero-order chi connectivity index (χ0) is 18.8. The Balaban J connectivity index is 1.77. The highest BCUT2D eigenvalue weighted by atomic mass is 19.2. The molecule has 3 heterocycles. The molecule has 0 atom stereocenters. The number of aliphatic hydroxyl groups is 1. The van der Waals surface area contributed by atoms with Crippen LogP contribution >= 0.6 is 0 Å². The van der Waals surface area contributed by atoms with Crippen molar-refractivity contribution in [2.75, 3.05) is 13.1 Å². The number of likely N-dealkylation sites (tertiary alicyclic amines) is 1. The third-order valence-corrected chi connectivity index (χ3v) is 4.98. The Hall–Kier alpha value is -2.67. The molecule has 1 aromatic carbocycles. The largest absolute Gasteiger partial charge is 0.677 e. The highest BCUT2D eigenvalue weighted by molar-refractivity contribution is 6.41. The van der Waals surface area contributed by atoms with Crippen molar-refractivity contribution in [1.82, 2.24) is 9.38 Å². The third kappa shape index (κ3) is 3.60. The van der Waals surface area contributed by atoms with E-state index in [9.17, 15) is 13.7 Å². The van der Waals surface area contributed by atoms with E-state index in [1.165, 1.54) is 6.20 Å². The van der Waals surface area contributed by atoms with Crippen molar-refractivity contribution in [2.45, 2.75) is 18.9 Å². The monoisotopic (exact) mass is 367 g/mol. The summed E-state index contributed by atoms with van der Waals surface area (Å²) >= 11 is 0. The number of amidine groups is 1. The Morgan fingerprint density at radius 2 is 1.78 bits per heavy atom. The van der Waals surface area contributed by atoms with Gasteiger partial charge in [0.1, 0.15) is 5.84 Å². The minimum absolute atomic E-state index is 0.253. The van der Waals surface area contributed by atoms with Crippen molar-refractivity contribution in [1.29, 1.82) is 0 Å². The van der Waals surface area contributed by atoms with Crippen LogP contribution in [0, 0.1) is 0 Å². The molecule has 1 aromatic heterocycles. The number of hydrogen-bond acceptors (Lipinski definition) is 3. The fourth-order valence-electron chi connectivity index (χ4n) is 3.57. The third-order valence-electron chi connectivity index (χ3n) is 4.98. The first-order valence-corrected chi connectivity index (χ1v) is 9.08. The minimum Gasteiger partial charge on any atom is -0.393 e. The fraction of sp³-hybridized carbons (Fsp3) is 0.250. The second kappa shape index (κ2) is 7.52. The number of aliphatic imine (C=N–C) groups is 1. The lowest BCUT2D eigenvalue weighted by atomic mass is 9.99. The topological polar surface area (TPSA) is 40.8 Å². The number of nitrogens with zero attached hydrogens (tertiary/aromatic N) is 3. The Morgan fingerprint density at radius 3 is 2.48 bits per heavy atom. The molecule has 2 aliphatic rings. The van der Waals surface area contributed by atoms with E-state index in [2.05, 4.69) is 4.90 Å². The van der Waals surface area contributed by atoms with E-state index in [0.717, 1.165) is 29.0 Å². The second-order valence-corrected chi connectivity index (χ2v) is 6.73. The van der Waals surface area contributed by atoms with Gasteiger partial charge in [-0.05, 0) is 48.9 Å². The summed E-state index contributed by atoms with van der Waals surface area (Å²) in [6, 6.07) is 12.8. The first-order valence-electron chi connectivity index (χ1n) is 9.08. The predicted molar refractivity (Wildman–Crippen MR) is 104 cm³/mol. The lowest BCUT2D eigenvalue weighted by Crippen LogP contribution is -2.38. The summed E-state index contributed by atoms with van der Waals surface area (Å²) in [5.74, 6) is 0.820. The molecule has 1 saturated heterocycles. The van der Waals surface area contributed by atoms with Gasteiger partial charge in [-0.2, -0.15) is 0 Å². The zero-order valence-corrected chi connectivity index (χ0v) is 14.8. The molecule has 4 rings (SSSR count). The molecule has 4 nitrogen and oxygen atoms in total. The smallest absolute Gasteiger partial charge is 0.393 e. The van der Waals surface area contributed by atoms with Gasteiger partial charge >= 0.3 is 7.40 Å². The van der Waals surface area contributed by atoms with Crippen LogP contribution in [0.15, 0.2) is 71.5 Å². The Morgan fingerprint density at radius 1 is 1.04 bits per heavy atom. The van der Waals surface area contributed by atoms with Crippen molar-refractivity contribution in [3.05, 3.63) is 77.8 Å². The molecular formula is C20H20BF2N3O. The number of rotatable bonds is 3. The van der Waals surface area contributed by atoms with E-state index in [1.54, 1.807) is 12.1 Å². The number of benzene rings is 1. The molecule has 0 amide bonds. The number of aromatic nitrogens is 1. The maximum atomic E-state index is 13.5. The normalized spacial score (nSPS) is 19.4. The quantitative estimate of drug-likeness (QED) is 0.845. The van der Waals surface area contributed by atoms with Crippen molar-refractivity contribution in [2.24, 2.45) is 4.99 Å². The maximum Gasteiger partial charge on any atom is 0.677 e. The highest BCUT2D eigenvalue weighted by Gasteiger charge is 2.25. The molecule has 0 saturated carbocycles. The van der Waals surface area contributed by atoms with Gasteiger partial charge in [0, 0.05) is 24.4 Å². The standard InChI is InChI=1S/C20H20BF2N3O/c22-21(23)26-12-4-7-18(26)20(15-5-2-1-3-6-15)17-8-9-19(24-17)25-13-10-16(27)11-14-25/h1-9,12,16,27H,10-11,13-14H2/b20-17+. The maximum absolute atomic E-state index is 13.5. The van der Waals surface area contributed by atoms with E-state index >= 15 is 0 Å². The SMILES string of the molecule is OC1CCN(C2=N/C(=C(\c3ccccc3)c3cccn3B(F)F)C=C2)CC1. The second-order valence-electron chi connectivity index (χ2n) is 6.73. The molecule has 0 radical (unpaired) electrons. The number of halogens is 2. The first-order chi connectivity index (χ1) is 13.1. The van der Waals surface area contributed by atoms with Crippen LogP contribution in [-0.4, -0.2) is 46.9 Å². The zero-order valence-electron chi connectivity index (χ0n) is 14.8. The molecule has 0 spiro atoms. The van der Waals surface area contributed by atoms with Crippen LogP contribution in [-0.2, 0) is 0 Å². The van der Waals surface area contributed by atoms with Crippen molar-refractivity contribution >= 4 is 18.8 Å². The molecule has 2 aromatic rings. The van der Waals surface area contributed by atoms with Gasteiger partial charge in [-0.1, -0.05) is 30.3 Å². The molecule has 27 heavy (non-hydrogen) atoms. The van der Waals surface area contributed by atoms with E-state index in [4.69, 9.17) is 4.99 Å². The number of aliphatic hydroxyl groups excluding tert-OH is 1. The van der Waals surface area contributed by atoms with Gasteiger partial charge in [0.25, 0.3) is 0 Å². The van der Waals surface area contributed by atoms with Crippen LogP contribution in [0.2, 0.25) is 0 Å². The summed E-state index contributed by atoms with van der Waals surface area (Å²) < 4.78 is 27.9. The molecule has 1 N–H and O–H groups in total. The number of hydrogen-bond donors (Lipinski definition) is 1. The summed E-state index contributed by atoms with van der Waals surface area (Å²) in [7, 11) is -2.62. The predicted octanol–water partition coefficient (Wildman–Crippen LogP) is 3.44. The average Bonchev–Trinajstić information content (AvgIpc) is 3.34. The Labute approximate surface area is 157 Å². The van der Waals surface area contributed by atoms with Crippen LogP contribution in [0.3, 0.4) is 0 Å².